The molecule has 0 aliphatic rings. The van der Waals surface area contributed by atoms with Crippen molar-refractivity contribution in [2.75, 3.05) is 6.61 Å². The lowest BCUT2D eigenvalue weighted by Gasteiger charge is -2.19. The Hall–Kier alpha value is -2.79. The van der Waals surface area contributed by atoms with Gasteiger partial charge in [0.1, 0.15) is 11.3 Å². The van der Waals surface area contributed by atoms with Gasteiger partial charge in [0.25, 0.3) is 0 Å². The fourth-order valence-electron chi connectivity index (χ4n) is 3.12. The zero-order chi connectivity index (χ0) is 20.8. The lowest BCUT2D eigenvalue weighted by Crippen LogP contribution is -2.21. The number of unbranched alkanes of at least 4 members (excludes halogenated alkanes) is 1. The van der Waals surface area contributed by atoms with Crippen molar-refractivity contribution in [3.05, 3.63) is 75.1 Å². The Kier molecular flexibility index (Phi) is 6.94. The van der Waals surface area contributed by atoms with Crippen LogP contribution in [0.3, 0.4) is 0 Å². The first-order valence-electron chi connectivity index (χ1n) is 9.68. The molecule has 5 nitrogen and oxygen atoms in total. The van der Waals surface area contributed by atoms with Crippen LogP contribution >= 0.6 is 11.6 Å². The molecule has 0 unspecified atom stereocenters. The Morgan fingerprint density at radius 1 is 1.14 bits per heavy atom. The van der Waals surface area contributed by atoms with Gasteiger partial charge in [-0.1, -0.05) is 55.3 Å². The molecule has 0 N–H and O–H groups in total. The molecule has 0 fully saturated rings. The molecular formula is C23H23ClO5. The van der Waals surface area contributed by atoms with Crippen LogP contribution in [0.5, 0.6) is 5.75 Å². The number of hydrogen-bond donors (Lipinski definition) is 0. The normalized spacial score (nSPS) is 12.0. The Morgan fingerprint density at radius 2 is 1.90 bits per heavy atom. The molecule has 3 aromatic rings. The average Bonchev–Trinajstić information content (AvgIpc) is 2.71. The minimum atomic E-state index is -0.985. The van der Waals surface area contributed by atoms with Crippen LogP contribution in [-0.2, 0) is 16.0 Å². The number of fused-ring (bicyclic) bond motifs is 1. The van der Waals surface area contributed by atoms with E-state index in [1.54, 1.807) is 31.2 Å². The first-order valence-corrected chi connectivity index (χ1v) is 10.1. The van der Waals surface area contributed by atoms with Gasteiger partial charge >= 0.3 is 11.6 Å². The van der Waals surface area contributed by atoms with E-state index in [-0.39, 0.29) is 12.4 Å². The molecule has 1 atom stereocenters. The van der Waals surface area contributed by atoms with E-state index in [9.17, 15) is 9.59 Å². The van der Waals surface area contributed by atoms with Crippen LogP contribution < -0.4 is 10.4 Å². The highest BCUT2D eigenvalue weighted by atomic mass is 35.5. The quantitative estimate of drug-likeness (QED) is 0.361. The lowest BCUT2D eigenvalue weighted by atomic mass is 10.0. The van der Waals surface area contributed by atoms with Crippen molar-refractivity contribution in [3.63, 3.8) is 0 Å². The minimum Gasteiger partial charge on any atom is -0.472 e. The molecule has 1 aromatic heterocycles. The Morgan fingerprint density at radius 3 is 2.59 bits per heavy atom. The zero-order valence-electron chi connectivity index (χ0n) is 16.4. The molecule has 1 heterocycles. The number of benzene rings is 2. The van der Waals surface area contributed by atoms with Crippen molar-refractivity contribution in [2.45, 2.75) is 39.2 Å². The van der Waals surface area contributed by atoms with Crippen LogP contribution in [-0.4, -0.2) is 12.6 Å². The van der Waals surface area contributed by atoms with Gasteiger partial charge in [0.2, 0.25) is 6.10 Å². The molecule has 0 aliphatic carbocycles. The number of rotatable bonds is 8. The minimum absolute atomic E-state index is 0.229. The summed E-state index contributed by atoms with van der Waals surface area (Å²) in [5, 5.41) is 1.09. The highest BCUT2D eigenvalue weighted by molar-refractivity contribution is 6.32. The smallest absolute Gasteiger partial charge is 0.352 e. The molecule has 0 saturated heterocycles. The van der Waals surface area contributed by atoms with Gasteiger partial charge < -0.3 is 13.9 Å². The van der Waals surface area contributed by atoms with Crippen LogP contribution in [0.15, 0.2) is 57.7 Å². The second kappa shape index (κ2) is 9.61. The summed E-state index contributed by atoms with van der Waals surface area (Å²) >= 11 is 6.47. The van der Waals surface area contributed by atoms with Crippen LogP contribution in [0.1, 0.15) is 43.9 Å². The summed E-state index contributed by atoms with van der Waals surface area (Å²) in [4.78, 5) is 24.5. The maximum absolute atomic E-state index is 12.5. The van der Waals surface area contributed by atoms with Crippen molar-refractivity contribution < 1.29 is 18.7 Å². The van der Waals surface area contributed by atoms with Gasteiger partial charge in [0.15, 0.2) is 0 Å². The monoisotopic (exact) mass is 414 g/mol. The van der Waals surface area contributed by atoms with Crippen LogP contribution in [0.2, 0.25) is 5.02 Å². The van der Waals surface area contributed by atoms with E-state index in [1.807, 2.05) is 18.2 Å². The lowest BCUT2D eigenvalue weighted by molar-refractivity contribution is -0.151. The molecule has 6 heteroatoms. The number of esters is 1. The highest BCUT2D eigenvalue weighted by Crippen LogP contribution is 2.34. The maximum Gasteiger partial charge on any atom is 0.352 e. The Labute approximate surface area is 174 Å². The molecule has 2 aromatic carbocycles. The van der Waals surface area contributed by atoms with Crippen molar-refractivity contribution in [1.82, 2.24) is 0 Å². The third kappa shape index (κ3) is 4.98. The van der Waals surface area contributed by atoms with Crippen molar-refractivity contribution in [3.8, 4) is 5.75 Å². The van der Waals surface area contributed by atoms with Gasteiger partial charge in [-0.3, -0.25) is 0 Å². The second-order valence-corrected chi connectivity index (χ2v) is 7.04. The first kappa shape index (κ1) is 20.9. The predicted octanol–water partition coefficient (Wildman–Crippen LogP) is 5.47. The largest absolute Gasteiger partial charge is 0.472 e. The third-order valence-corrected chi connectivity index (χ3v) is 4.83. The molecule has 29 heavy (non-hydrogen) atoms. The van der Waals surface area contributed by atoms with E-state index >= 15 is 0 Å². The molecule has 0 saturated carbocycles. The number of carbonyl (C=O) groups is 1. The number of ether oxygens (including phenoxy) is 2. The molecule has 0 spiro atoms. The fourth-order valence-corrected chi connectivity index (χ4v) is 3.33. The summed E-state index contributed by atoms with van der Waals surface area (Å²) in [6.07, 6.45) is 1.73. The number of carbonyl (C=O) groups excluding carboxylic acids is 1. The van der Waals surface area contributed by atoms with E-state index in [0.717, 1.165) is 30.2 Å². The van der Waals surface area contributed by atoms with Crippen LogP contribution in [0.4, 0.5) is 0 Å². The topological polar surface area (TPSA) is 65.7 Å². The summed E-state index contributed by atoms with van der Waals surface area (Å²) in [5.41, 5.74) is 1.47. The van der Waals surface area contributed by atoms with Gasteiger partial charge in [-0.2, -0.15) is 0 Å². The van der Waals surface area contributed by atoms with Gasteiger partial charge in [-0.15, -0.1) is 0 Å². The molecule has 0 radical (unpaired) electrons. The number of aryl methyl sites for hydroxylation is 1. The van der Waals surface area contributed by atoms with E-state index in [2.05, 4.69) is 6.92 Å². The fraction of sp³-hybridized carbons (Fsp3) is 0.304. The van der Waals surface area contributed by atoms with E-state index in [0.29, 0.717) is 16.2 Å². The van der Waals surface area contributed by atoms with Gasteiger partial charge in [-0.05, 0) is 31.4 Å². The van der Waals surface area contributed by atoms with E-state index in [1.165, 1.54) is 6.07 Å². The summed E-state index contributed by atoms with van der Waals surface area (Å²) in [6.45, 7) is 4.05. The molecular weight excluding hydrogens is 392 g/mol. The van der Waals surface area contributed by atoms with E-state index < -0.39 is 17.7 Å². The molecule has 0 amide bonds. The van der Waals surface area contributed by atoms with Gasteiger partial charge in [0.05, 0.1) is 11.6 Å². The SMILES string of the molecule is CCCCc1cc(=O)oc2cc(O[C@H](C(=O)OCC)c3ccccc3)c(Cl)cc12. The van der Waals surface area contributed by atoms with E-state index in [4.69, 9.17) is 25.5 Å². The molecule has 0 bridgehead atoms. The molecule has 0 aliphatic heterocycles. The number of hydrogen-bond acceptors (Lipinski definition) is 5. The van der Waals surface area contributed by atoms with Crippen molar-refractivity contribution in [2.24, 2.45) is 0 Å². The Bertz CT molecular complexity index is 1040. The van der Waals surface area contributed by atoms with Crippen molar-refractivity contribution in [1.29, 1.82) is 0 Å². The molecule has 152 valence electrons. The summed E-state index contributed by atoms with van der Waals surface area (Å²) in [7, 11) is 0. The molecule has 3 rings (SSSR count). The van der Waals surface area contributed by atoms with Crippen LogP contribution in [0, 0.1) is 0 Å². The zero-order valence-corrected chi connectivity index (χ0v) is 17.2. The summed E-state index contributed by atoms with van der Waals surface area (Å²) in [6, 6.07) is 13.8. The number of halogens is 1. The van der Waals surface area contributed by atoms with Gasteiger partial charge in [0, 0.05) is 23.1 Å². The summed E-state index contributed by atoms with van der Waals surface area (Å²) < 4.78 is 16.5. The predicted molar refractivity (Wildman–Crippen MR) is 113 cm³/mol. The Balaban J connectivity index is 2.02. The second-order valence-electron chi connectivity index (χ2n) is 6.63. The standard InChI is InChI=1S/C23H23ClO5/c1-3-5-9-16-12-21(25)28-19-14-20(18(24)13-17(16)19)29-22(23(26)27-4-2)15-10-7-6-8-11-15/h6-8,10-14,22H,3-5,9H2,1-2H3/t22-/m0/s1. The van der Waals surface area contributed by atoms with Crippen LogP contribution in [0.25, 0.3) is 11.0 Å². The highest BCUT2D eigenvalue weighted by Gasteiger charge is 2.25. The summed E-state index contributed by atoms with van der Waals surface area (Å²) in [5.74, 6) is -0.273. The van der Waals surface area contributed by atoms with Gasteiger partial charge in [-0.25, -0.2) is 9.59 Å². The average molecular weight is 415 g/mol. The maximum atomic E-state index is 12.5. The van der Waals surface area contributed by atoms with Crippen molar-refractivity contribution >= 4 is 28.5 Å². The first-order chi connectivity index (χ1) is 14.0. The third-order valence-electron chi connectivity index (χ3n) is 4.53.